The van der Waals surface area contributed by atoms with Crippen molar-refractivity contribution >= 4 is 57.2 Å². The molecule has 1 amide bonds. The van der Waals surface area contributed by atoms with Gasteiger partial charge in [-0.3, -0.25) is 9.69 Å². The summed E-state index contributed by atoms with van der Waals surface area (Å²) in [6, 6.07) is 12.3. The van der Waals surface area contributed by atoms with E-state index < -0.39 is 5.97 Å². The second kappa shape index (κ2) is 9.39. The number of aryl methyl sites for hydroxylation is 1. The minimum Gasteiger partial charge on any atom is -0.456 e. The second-order valence-corrected chi connectivity index (χ2v) is 7.88. The molecule has 1 heterocycles. The molecule has 1 aromatic heterocycles. The summed E-state index contributed by atoms with van der Waals surface area (Å²) in [5, 5.41) is 2.91. The lowest BCUT2D eigenvalue weighted by molar-refractivity contribution is -0.115. The molecule has 0 N–H and O–H groups in total. The van der Waals surface area contributed by atoms with E-state index in [1.165, 1.54) is 40.9 Å². The van der Waals surface area contributed by atoms with Crippen LogP contribution in [0.3, 0.4) is 0 Å². The highest BCUT2D eigenvalue weighted by atomic mass is 35.5. The number of ether oxygens (including phenoxy) is 1. The molecule has 3 aromatic rings. The van der Waals surface area contributed by atoms with Crippen molar-refractivity contribution in [2.75, 3.05) is 4.90 Å². The van der Waals surface area contributed by atoms with E-state index in [4.69, 9.17) is 27.9 Å². The summed E-state index contributed by atoms with van der Waals surface area (Å²) < 4.78 is 5.30. The molecule has 8 heteroatoms. The topological polar surface area (TPSA) is 59.5 Å². The highest BCUT2D eigenvalue weighted by Crippen LogP contribution is 2.30. The minimum absolute atomic E-state index is 0.0430. The fourth-order valence-corrected chi connectivity index (χ4v) is 3.88. The Labute approximate surface area is 182 Å². The van der Waals surface area contributed by atoms with Crippen LogP contribution in [-0.2, 0) is 22.6 Å². The molecule has 0 aliphatic heterocycles. The summed E-state index contributed by atoms with van der Waals surface area (Å²) in [5.41, 5.74) is 2.64. The van der Waals surface area contributed by atoms with Crippen molar-refractivity contribution in [1.82, 2.24) is 4.98 Å². The fraction of sp³-hybridized carbons (Fsp3) is 0.190. The number of benzene rings is 2. The standard InChI is InChI=1S/C21H18Cl2N2O3S/c1-3-14-4-7-17(8-5-14)25(13(2)26)21-24-16(12-29-21)11-28-20(27)18-10-15(22)6-9-19(18)23/h4-10,12H,3,11H2,1-2H3. The summed E-state index contributed by atoms with van der Waals surface area (Å²) in [6.45, 7) is 3.51. The summed E-state index contributed by atoms with van der Waals surface area (Å²) in [7, 11) is 0. The van der Waals surface area contributed by atoms with Crippen LogP contribution in [0, 0.1) is 0 Å². The van der Waals surface area contributed by atoms with Crippen molar-refractivity contribution in [2.45, 2.75) is 26.9 Å². The number of carbonyl (C=O) groups is 2. The third kappa shape index (κ3) is 5.15. The average Bonchev–Trinajstić information content (AvgIpc) is 3.16. The van der Waals surface area contributed by atoms with Crippen molar-refractivity contribution < 1.29 is 14.3 Å². The molecule has 29 heavy (non-hydrogen) atoms. The highest BCUT2D eigenvalue weighted by molar-refractivity contribution is 7.14. The van der Waals surface area contributed by atoms with E-state index in [2.05, 4.69) is 11.9 Å². The van der Waals surface area contributed by atoms with E-state index in [9.17, 15) is 9.59 Å². The first-order valence-corrected chi connectivity index (χ1v) is 10.5. The number of nitrogens with zero attached hydrogens (tertiary/aromatic N) is 2. The van der Waals surface area contributed by atoms with Crippen LogP contribution >= 0.6 is 34.5 Å². The van der Waals surface area contributed by atoms with Crippen LogP contribution in [0.4, 0.5) is 10.8 Å². The van der Waals surface area contributed by atoms with Crippen molar-refractivity contribution in [3.05, 3.63) is 74.7 Å². The second-order valence-electron chi connectivity index (χ2n) is 6.20. The third-order valence-corrected chi connectivity index (χ3v) is 5.59. The van der Waals surface area contributed by atoms with Gasteiger partial charge >= 0.3 is 5.97 Å². The Balaban J connectivity index is 1.73. The Bertz CT molecular complexity index is 1030. The lowest BCUT2D eigenvalue weighted by atomic mass is 10.1. The number of thiazole rings is 1. The van der Waals surface area contributed by atoms with Gasteiger partial charge in [-0.25, -0.2) is 9.78 Å². The number of carbonyl (C=O) groups excluding carboxylic acids is 2. The Morgan fingerprint density at radius 2 is 1.86 bits per heavy atom. The van der Waals surface area contributed by atoms with Crippen LogP contribution in [0.5, 0.6) is 0 Å². The van der Waals surface area contributed by atoms with E-state index in [0.717, 1.165) is 12.1 Å². The Kier molecular flexibility index (Phi) is 6.90. The molecule has 3 rings (SSSR count). The molecule has 0 unspecified atom stereocenters. The van der Waals surface area contributed by atoms with Crippen LogP contribution < -0.4 is 4.90 Å². The molecule has 5 nitrogen and oxygen atoms in total. The van der Waals surface area contributed by atoms with E-state index in [-0.39, 0.29) is 23.1 Å². The molecule has 2 aromatic carbocycles. The monoisotopic (exact) mass is 448 g/mol. The maximum atomic E-state index is 12.3. The largest absolute Gasteiger partial charge is 0.456 e. The molecule has 150 valence electrons. The molecule has 0 radical (unpaired) electrons. The van der Waals surface area contributed by atoms with Crippen LogP contribution in [0.2, 0.25) is 10.0 Å². The smallest absolute Gasteiger partial charge is 0.340 e. The van der Waals surface area contributed by atoms with Crippen LogP contribution in [0.1, 0.15) is 35.5 Å². The zero-order valence-electron chi connectivity index (χ0n) is 15.8. The number of hydrogen-bond donors (Lipinski definition) is 0. The molecular formula is C21H18Cl2N2O3S. The fourth-order valence-electron chi connectivity index (χ4n) is 2.64. The van der Waals surface area contributed by atoms with Gasteiger partial charge in [-0.2, -0.15) is 0 Å². The molecule has 0 saturated heterocycles. The number of anilines is 2. The third-order valence-electron chi connectivity index (χ3n) is 4.15. The van der Waals surface area contributed by atoms with E-state index in [0.29, 0.717) is 15.8 Å². The molecule has 0 aliphatic carbocycles. The van der Waals surface area contributed by atoms with E-state index >= 15 is 0 Å². The van der Waals surface area contributed by atoms with Gasteiger partial charge in [0.2, 0.25) is 5.91 Å². The van der Waals surface area contributed by atoms with Crippen molar-refractivity contribution in [1.29, 1.82) is 0 Å². The lowest BCUT2D eigenvalue weighted by Crippen LogP contribution is -2.22. The summed E-state index contributed by atoms with van der Waals surface area (Å²) in [6.07, 6.45) is 0.920. The zero-order valence-corrected chi connectivity index (χ0v) is 18.1. The molecular weight excluding hydrogens is 431 g/mol. The van der Waals surface area contributed by atoms with Crippen molar-refractivity contribution in [2.24, 2.45) is 0 Å². The highest BCUT2D eigenvalue weighted by Gasteiger charge is 2.19. The van der Waals surface area contributed by atoms with Gasteiger partial charge in [-0.15, -0.1) is 11.3 Å². The summed E-state index contributed by atoms with van der Waals surface area (Å²) in [4.78, 5) is 30.5. The number of aromatic nitrogens is 1. The number of halogens is 2. The number of amides is 1. The first-order valence-electron chi connectivity index (χ1n) is 8.85. The average molecular weight is 449 g/mol. The Morgan fingerprint density at radius 3 is 2.52 bits per heavy atom. The van der Waals surface area contributed by atoms with Crippen molar-refractivity contribution in [3.63, 3.8) is 0 Å². The van der Waals surface area contributed by atoms with E-state index in [1.807, 2.05) is 24.3 Å². The quantitative estimate of drug-likeness (QED) is 0.430. The van der Waals surface area contributed by atoms with Gasteiger partial charge in [0.15, 0.2) is 5.13 Å². The molecule has 0 fully saturated rings. The number of rotatable bonds is 6. The molecule has 0 spiro atoms. The first-order chi connectivity index (χ1) is 13.9. The maximum absolute atomic E-state index is 12.3. The number of hydrogen-bond acceptors (Lipinski definition) is 5. The van der Waals surface area contributed by atoms with Gasteiger partial charge < -0.3 is 4.74 Å². The van der Waals surface area contributed by atoms with Crippen molar-refractivity contribution in [3.8, 4) is 0 Å². The lowest BCUT2D eigenvalue weighted by Gasteiger charge is -2.18. The minimum atomic E-state index is -0.592. The number of esters is 1. The van der Waals surface area contributed by atoms with Crippen LogP contribution in [-0.4, -0.2) is 16.9 Å². The van der Waals surface area contributed by atoms with Crippen LogP contribution in [0.25, 0.3) is 0 Å². The Hall–Kier alpha value is -2.41. The molecule has 0 bridgehead atoms. The normalized spacial score (nSPS) is 10.6. The van der Waals surface area contributed by atoms with Gasteiger partial charge in [0.25, 0.3) is 0 Å². The summed E-state index contributed by atoms with van der Waals surface area (Å²) >= 11 is 13.2. The van der Waals surface area contributed by atoms with Gasteiger partial charge in [0.05, 0.1) is 22.0 Å². The van der Waals surface area contributed by atoms with Gasteiger partial charge in [0.1, 0.15) is 6.61 Å². The zero-order chi connectivity index (χ0) is 21.0. The maximum Gasteiger partial charge on any atom is 0.340 e. The molecule has 0 aliphatic rings. The molecule has 0 atom stereocenters. The van der Waals surface area contributed by atoms with Gasteiger partial charge in [-0.05, 0) is 42.3 Å². The van der Waals surface area contributed by atoms with Gasteiger partial charge in [0, 0.05) is 17.3 Å². The summed E-state index contributed by atoms with van der Waals surface area (Å²) in [5.74, 6) is -0.747. The molecule has 0 saturated carbocycles. The predicted octanol–water partition coefficient (Wildman–Crippen LogP) is 6.05. The van der Waals surface area contributed by atoms with E-state index in [1.54, 1.807) is 11.4 Å². The van der Waals surface area contributed by atoms with Gasteiger partial charge in [-0.1, -0.05) is 42.3 Å². The predicted molar refractivity (Wildman–Crippen MR) is 116 cm³/mol. The Morgan fingerprint density at radius 1 is 1.14 bits per heavy atom. The first kappa shape index (κ1) is 21.3. The van der Waals surface area contributed by atoms with Crippen LogP contribution in [0.15, 0.2) is 47.8 Å². The SMILES string of the molecule is CCc1ccc(N(C(C)=O)c2nc(COC(=O)c3cc(Cl)ccc3Cl)cs2)cc1.